The van der Waals surface area contributed by atoms with Gasteiger partial charge < -0.3 is 14.8 Å². The van der Waals surface area contributed by atoms with Crippen LogP contribution in [0, 0.1) is 5.82 Å². The van der Waals surface area contributed by atoms with Crippen LogP contribution in [0.5, 0.6) is 5.75 Å². The van der Waals surface area contributed by atoms with Crippen LogP contribution in [0.2, 0.25) is 0 Å². The summed E-state index contributed by atoms with van der Waals surface area (Å²) >= 11 is 0. The average Bonchev–Trinajstić information content (AvgIpc) is 2.85. The van der Waals surface area contributed by atoms with Crippen molar-refractivity contribution in [3.63, 3.8) is 0 Å². The molecule has 1 amide bonds. The number of nitrogens with zero attached hydrogens (tertiary/aromatic N) is 2. The minimum Gasteiger partial charge on any atom is -0.492 e. The molecule has 0 radical (unpaired) electrons. The van der Waals surface area contributed by atoms with E-state index in [9.17, 15) is 9.18 Å². The summed E-state index contributed by atoms with van der Waals surface area (Å²) in [5.74, 6) is 0.372. The van der Waals surface area contributed by atoms with Crippen molar-refractivity contribution in [1.82, 2.24) is 15.2 Å². The second-order valence-electron chi connectivity index (χ2n) is 7.95. The molecular formula is C26H28FN3O3. The molecule has 0 bridgehead atoms. The monoisotopic (exact) mass is 449 g/mol. The first-order valence-electron chi connectivity index (χ1n) is 11.2. The van der Waals surface area contributed by atoms with Crippen molar-refractivity contribution < 1.29 is 18.7 Å². The summed E-state index contributed by atoms with van der Waals surface area (Å²) in [4.78, 5) is 18.9. The smallest absolute Gasteiger partial charge is 0.226 e. The molecule has 2 aromatic carbocycles. The molecule has 1 aromatic heterocycles. The fourth-order valence-electron chi connectivity index (χ4n) is 3.64. The molecule has 0 atom stereocenters. The van der Waals surface area contributed by atoms with Crippen molar-refractivity contribution in [1.29, 1.82) is 0 Å². The largest absolute Gasteiger partial charge is 0.492 e. The Morgan fingerprint density at radius 3 is 2.58 bits per heavy atom. The fourth-order valence-corrected chi connectivity index (χ4v) is 3.64. The van der Waals surface area contributed by atoms with Crippen LogP contribution >= 0.6 is 0 Å². The summed E-state index contributed by atoms with van der Waals surface area (Å²) in [5.41, 5.74) is 3.41. The summed E-state index contributed by atoms with van der Waals surface area (Å²) in [6.07, 6.45) is 1.94. The minimum atomic E-state index is -0.313. The zero-order valence-corrected chi connectivity index (χ0v) is 18.5. The number of hydrogen-bond donors (Lipinski definition) is 1. The normalized spacial score (nSPS) is 14.1. The number of nitrogens with one attached hydrogen (secondary N) is 1. The van der Waals surface area contributed by atoms with Crippen molar-refractivity contribution >= 4 is 5.91 Å². The molecule has 4 rings (SSSR count). The fraction of sp³-hybridized carbons (Fsp3) is 0.308. The number of hydrogen-bond acceptors (Lipinski definition) is 5. The first-order chi connectivity index (χ1) is 16.2. The van der Waals surface area contributed by atoms with Crippen LogP contribution in [-0.4, -0.2) is 55.2 Å². The number of halogens is 1. The highest BCUT2D eigenvalue weighted by molar-refractivity contribution is 5.78. The summed E-state index contributed by atoms with van der Waals surface area (Å²) < 4.78 is 24.4. The van der Waals surface area contributed by atoms with Crippen molar-refractivity contribution in [3.05, 3.63) is 83.9 Å². The SMILES string of the molecule is O=C(Cc1ccc(-c2ccc(OCCN3CCOCC3)cc2)cn1)NCc1cccc(F)c1. The quantitative estimate of drug-likeness (QED) is 0.542. The Morgan fingerprint density at radius 2 is 1.85 bits per heavy atom. The highest BCUT2D eigenvalue weighted by Crippen LogP contribution is 2.22. The molecule has 1 aliphatic heterocycles. The number of pyridine rings is 1. The Bertz CT molecular complexity index is 1040. The highest BCUT2D eigenvalue weighted by Gasteiger charge is 2.10. The lowest BCUT2D eigenvalue weighted by Gasteiger charge is -2.26. The van der Waals surface area contributed by atoms with E-state index in [1.165, 1.54) is 12.1 Å². The number of rotatable bonds is 9. The van der Waals surface area contributed by atoms with E-state index < -0.39 is 0 Å². The van der Waals surface area contributed by atoms with Gasteiger partial charge in [-0.25, -0.2) is 4.39 Å². The lowest BCUT2D eigenvalue weighted by Crippen LogP contribution is -2.38. The van der Waals surface area contributed by atoms with E-state index >= 15 is 0 Å². The molecule has 0 aliphatic carbocycles. The van der Waals surface area contributed by atoms with Gasteiger partial charge in [-0.05, 0) is 41.5 Å². The molecule has 1 saturated heterocycles. The molecule has 0 saturated carbocycles. The van der Waals surface area contributed by atoms with Gasteiger partial charge in [0.05, 0.1) is 19.6 Å². The molecule has 6 nitrogen and oxygen atoms in total. The van der Waals surface area contributed by atoms with E-state index in [4.69, 9.17) is 9.47 Å². The number of ether oxygens (including phenoxy) is 2. The third-order valence-electron chi connectivity index (χ3n) is 5.51. The molecule has 1 fully saturated rings. The van der Waals surface area contributed by atoms with Crippen LogP contribution in [0.25, 0.3) is 11.1 Å². The predicted octanol–water partition coefficient (Wildman–Crippen LogP) is 3.46. The summed E-state index contributed by atoms with van der Waals surface area (Å²) in [5, 5.41) is 2.80. The van der Waals surface area contributed by atoms with Gasteiger partial charge in [0.1, 0.15) is 18.2 Å². The molecule has 0 unspecified atom stereocenters. The Hall–Kier alpha value is -3.29. The van der Waals surface area contributed by atoms with E-state index in [1.54, 1.807) is 18.3 Å². The molecule has 1 aliphatic rings. The van der Waals surface area contributed by atoms with Gasteiger partial charge in [-0.3, -0.25) is 14.7 Å². The second kappa shape index (κ2) is 11.5. The average molecular weight is 450 g/mol. The van der Waals surface area contributed by atoms with Gasteiger partial charge in [-0.2, -0.15) is 0 Å². The van der Waals surface area contributed by atoms with Crippen molar-refractivity contribution in [2.45, 2.75) is 13.0 Å². The van der Waals surface area contributed by atoms with E-state index in [-0.39, 0.29) is 24.7 Å². The van der Waals surface area contributed by atoms with Gasteiger partial charge in [-0.1, -0.05) is 30.3 Å². The second-order valence-corrected chi connectivity index (χ2v) is 7.95. The number of amides is 1. The maximum Gasteiger partial charge on any atom is 0.226 e. The van der Waals surface area contributed by atoms with E-state index in [0.29, 0.717) is 12.3 Å². The first kappa shape index (κ1) is 22.9. The van der Waals surface area contributed by atoms with Gasteiger partial charge in [0.2, 0.25) is 5.91 Å². The molecule has 1 N–H and O–H groups in total. The number of carbonyl (C=O) groups is 1. The highest BCUT2D eigenvalue weighted by atomic mass is 19.1. The van der Waals surface area contributed by atoms with Crippen LogP contribution in [0.4, 0.5) is 4.39 Å². The maximum atomic E-state index is 13.2. The first-order valence-corrected chi connectivity index (χ1v) is 11.2. The summed E-state index contributed by atoms with van der Waals surface area (Å²) in [6, 6.07) is 17.9. The third kappa shape index (κ3) is 7.10. The maximum absolute atomic E-state index is 13.2. The van der Waals surface area contributed by atoms with Crippen LogP contribution in [-0.2, 0) is 22.5 Å². The van der Waals surface area contributed by atoms with Crippen molar-refractivity contribution in [2.24, 2.45) is 0 Å². The zero-order valence-electron chi connectivity index (χ0n) is 18.5. The number of aromatic nitrogens is 1. The summed E-state index contributed by atoms with van der Waals surface area (Å²) in [6.45, 7) is 5.33. The van der Waals surface area contributed by atoms with Gasteiger partial charge in [-0.15, -0.1) is 0 Å². The Labute approximate surface area is 193 Å². The van der Waals surface area contributed by atoms with E-state index in [1.807, 2.05) is 36.4 Å². The van der Waals surface area contributed by atoms with Crippen molar-refractivity contribution in [2.75, 3.05) is 39.5 Å². The summed E-state index contributed by atoms with van der Waals surface area (Å²) in [7, 11) is 0. The number of carbonyl (C=O) groups excluding carboxylic acids is 1. The third-order valence-corrected chi connectivity index (χ3v) is 5.51. The molecule has 172 valence electrons. The van der Waals surface area contributed by atoms with Crippen LogP contribution in [0.15, 0.2) is 66.9 Å². The standard InChI is InChI=1S/C26H28FN3O3/c27-23-3-1-2-20(16-23)18-29-26(31)17-24-7-4-22(19-28-24)21-5-8-25(9-6-21)33-15-12-30-10-13-32-14-11-30/h1-9,16,19H,10-15,17-18H2,(H,29,31). The van der Waals surface area contributed by atoms with Crippen LogP contribution < -0.4 is 10.1 Å². The Morgan fingerprint density at radius 1 is 1.06 bits per heavy atom. The topological polar surface area (TPSA) is 63.7 Å². The van der Waals surface area contributed by atoms with Gasteiger partial charge in [0.15, 0.2) is 0 Å². The predicted molar refractivity (Wildman–Crippen MR) is 124 cm³/mol. The van der Waals surface area contributed by atoms with E-state index in [2.05, 4.69) is 15.2 Å². The molecule has 7 heteroatoms. The molecule has 2 heterocycles. The molecular weight excluding hydrogens is 421 g/mol. The van der Waals surface area contributed by atoms with E-state index in [0.717, 1.165) is 55.3 Å². The lowest BCUT2D eigenvalue weighted by atomic mass is 10.1. The lowest BCUT2D eigenvalue weighted by molar-refractivity contribution is -0.120. The molecule has 0 spiro atoms. The van der Waals surface area contributed by atoms with Crippen LogP contribution in [0.1, 0.15) is 11.3 Å². The number of benzene rings is 2. The molecule has 3 aromatic rings. The van der Waals surface area contributed by atoms with Crippen molar-refractivity contribution in [3.8, 4) is 16.9 Å². The Kier molecular flexibility index (Phi) is 8.00. The Balaban J connectivity index is 1.23. The minimum absolute atomic E-state index is 0.155. The zero-order chi connectivity index (χ0) is 22.9. The van der Waals surface area contributed by atoms with Gasteiger partial charge in [0, 0.05) is 43.6 Å². The number of morpholine rings is 1. The van der Waals surface area contributed by atoms with Crippen LogP contribution in [0.3, 0.4) is 0 Å². The van der Waals surface area contributed by atoms with Gasteiger partial charge >= 0.3 is 0 Å². The van der Waals surface area contributed by atoms with Gasteiger partial charge in [0.25, 0.3) is 0 Å². The molecule has 33 heavy (non-hydrogen) atoms.